The molecule has 0 fully saturated rings. The van der Waals surface area contributed by atoms with Crippen LogP contribution < -0.4 is 9.47 Å². The molecule has 1 aromatic heterocycles. The van der Waals surface area contributed by atoms with Crippen LogP contribution in [0.5, 0.6) is 11.5 Å². The average Bonchev–Trinajstić information content (AvgIpc) is 2.87. The normalized spacial score (nSPS) is 10.6. The third kappa shape index (κ3) is 5.62. The monoisotopic (exact) mass is 453 g/mol. The van der Waals surface area contributed by atoms with Gasteiger partial charge in [0.15, 0.2) is 0 Å². The Kier molecular flexibility index (Phi) is 7.23. The van der Waals surface area contributed by atoms with Crippen LogP contribution in [0.2, 0.25) is 0 Å². The molecule has 172 valence electrons. The van der Waals surface area contributed by atoms with Crippen molar-refractivity contribution >= 4 is 5.97 Å². The number of carbonyl (C=O) groups is 1. The van der Waals surface area contributed by atoms with Gasteiger partial charge in [-0.1, -0.05) is 60.2 Å². The summed E-state index contributed by atoms with van der Waals surface area (Å²) in [5, 5.41) is 9.71. The van der Waals surface area contributed by atoms with Crippen LogP contribution in [-0.2, 0) is 19.4 Å². The Morgan fingerprint density at radius 2 is 1.65 bits per heavy atom. The first-order valence-corrected chi connectivity index (χ1v) is 11.2. The Balaban J connectivity index is 1.65. The first kappa shape index (κ1) is 23.1. The Bertz CT molecular complexity index is 1270. The highest BCUT2D eigenvalue weighted by atomic mass is 16.5. The Morgan fingerprint density at radius 3 is 2.35 bits per heavy atom. The number of carboxylic acid groups (broad SMARTS) is 1. The van der Waals surface area contributed by atoms with E-state index in [2.05, 4.69) is 24.3 Å². The van der Waals surface area contributed by atoms with Crippen molar-refractivity contribution in [2.45, 2.75) is 26.4 Å². The standard InChI is InChI=1S/C29H27NO4/c1-20-8-10-21(11-9-20)12-16-27-25(29(31)32)15-17-26(30-27)24-14-13-23(33-2)18-28(24)34-19-22-6-4-3-5-7-22/h3-11,13-15,17-18H,12,16,19H2,1-2H3,(H,31,32). The maximum atomic E-state index is 11.9. The highest BCUT2D eigenvalue weighted by Gasteiger charge is 2.16. The van der Waals surface area contributed by atoms with Gasteiger partial charge in [0.05, 0.1) is 24.1 Å². The lowest BCUT2D eigenvalue weighted by Crippen LogP contribution is -2.07. The molecule has 0 saturated carbocycles. The molecule has 0 atom stereocenters. The molecular weight excluding hydrogens is 426 g/mol. The molecule has 0 aliphatic heterocycles. The predicted molar refractivity (Wildman–Crippen MR) is 133 cm³/mol. The zero-order chi connectivity index (χ0) is 23.9. The van der Waals surface area contributed by atoms with Crippen molar-refractivity contribution in [2.24, 2.45) is 0 Å². The lowest BCUT2D eigenvalue weighted by molar-refractivity contribution is 0.0695. The average molecular weight is 454 g/mol. The molecule has 3 aromatic carbocycles. The minimum absolute atomic E-state index is 0.219. The summed E-state index contributed by atoms with van der Waals surface area (Å²) in [6.45, 7) is 2.44. The second-order valence-corrected chi connectivity index (χ2v) is 8.12. The zero-order valence-electron chi connectivity index (χ0n) is 19.3. The van der Waals surface area contributed by atoms with Crippen molar-refractivity contribution in [1.82, 2.24) is 4.98 Å². The van der Waals surface area contributed by atoms with Crippen LogP contribution in [-0.4, -0.2) is 23.2 Å². The molecule has 0 aliphatic rings. The number of hydrogen-bond donors (Lipinski definition) is 1. The van der Waals surface area contributed by atoms with E-state index in [-0.39, 0.29) is 5.56 Å². The van der Waals surface area contributed by atoms with Crippen LogP contribution in [0, 0.1) is 6.92 Å². The van der Waals surface area contributed by atoms with E-state index < -0.39 is 5.97 Å². The predicted octanol–water partition coefficient (Wildman–Crippen LogP) is 6.13. The molecule has 34 heavy (non-hydrogen) atoms. The summed E-state index contributed by atoms with van der Waals surface area (Å²) < 4.78 is 11.5. The summed E-state index contributed by atoms with van der Waals surface area (Å²) in [4.78, 5) is 16.6. The van der Waals surface area contributed by atoms with Gasteiger partial charge in [0.1, 0.15) is 18.1 Å². The molecule has 0 radical (unpaired) electrons. The van der Waals surface area contributed by atoms with Gasteiger partial charge >= 0.3 is 5.97 Å². The minimum Gasteiger partial charge on any atom is -0.497 e. The van der Waals surface area contributed by atoms with Crippen LogP contribution in [0.1, 0.15) is 32.7 Å². The van der Waals surface area contributed by atoms with E-state index in [0.29, 0.717) is 42.3 Å². The van der Waals surface area contributed by atoms with Gasteiger partial charge in [0.2, 0.25) is 0 Å². The maximum absolute atomic E-state index is 11.9. The molecule has 0 saturated heterocycles. The fourth-order valence-electron chi connectivity index (χ4n) is 3.75. The van der Waals surface area contributed by atoms with Crippen molar-refractivity contribution in [1.29, 1.82) is 0 Å². The van der Waals surface area contributed by atoms with Gasteiger partial charge in [-0.25, -0.2) is 4.79 Å². The van der Waals surface area contributed by atoms with Gasteiger partial charge in [0, 0.05) is 11.6 Å². The maximum Gasteiger partial charge on any atom is 0.337 e. The Hall–Kier alpha value is -4.12. The van der Waals surface area contributed by atoms with Crippen molar-refractivity contribution in [3.8, 4) is 22.8 Å². The number of methoxy groups -OCH3 is 1. The topological polar surface area (TPSA) is 68.7 Å². The molecule has 0 amide bonds. The summed E-state index contributed by atoms with van der Waals surface area (Å²) >= 11 is 0. The van der Waals surface area contributed by atoms with Gasteiger partial charge in [-0.15, -0.1) is 0 Å². The number of aryl methyl sites for hydroxylation is 3. The third-order valence-electron chi connectivity index (χ3n) is 5.68. The van der Waals surface area contributed by atoms with Gasteiger partial charge in [0.25, 0.3) is 0 Å². The van der Waals surface area contributed by atoms with E-state index in [9.17, 15) is 9.90 Å². The number of benzene rings is 3. The van der Waals surface area contributed by atoms with E-state index >= 15 is 0 Å². The van der Waals surface area contributed by atoms with E-state index in [1.165, 1.54) is 5.56 Å². The first-order valence-electron chi connectivity index (χ1n) is 11.2. The highest BCUT2D eigenvalue weighted by Crippen LogP contribution is 2.34. The fraction of sp³-hybridized carbons (Fsp3) is 0.172. The van der Waals surface area contributed by atoms with Gasteiger partial charge < -0.3 is 14.6 Å². The number of aromatic nitrogens is 1. The second kappa shape index (κ2) is 10.7. The molecule has 1 N–H and O–H groups in total. The highest BCUT2D eigenvalue weighted by molar-refractivity contribution is 5.89. The van der Waals surface area contributed by atoms with E-state index in [4.69, 9.17) is 14.5 Å². The van der Waals surface area contributed by atoms with E-state index in [0.717, 1.165) is 16.7 Å². The number of ether oxygens (including phenoxy) is 2. The van der Waals surface area contributed by atoms with E-state index in [1.54, 1.807) is 19.2 Å². The van der Waals surface area contributed by atoms with E-state index in [1.807, 2.05) is 55.5 Å². The summed E-state index contributed by atoms with van der Waals surface area (Å²) in [5.74, 6) is 0.324. The van der Waals surface area contributed by atoms with Gasteiger partial charge in [-0.05, 0) is 55.2 Å². The van der Waals surface area contributed by atoms with Crippen LogP contribution in [0.25, 0.3) is 11.3 Å². The minimum atomic E-state index is -0.978. The van der Waals surface area contributed by atoms with Gasteiger partial charge in [-0.3, -0.25) is 4.98 Å². The zero-order valence-corrected chi connectivity index (χ0v) is 19.3. The quantitative estimate of drug-likeness (QED) is 0.330. The van der Waals surface area contributed by atoms with Crippen molar-refractivity contribution in [2.75, 3.05) is 7.11 Å². The Morgan fingerprint density at radius 1 is 0.882 bits per heavy atom. The summed E-state index contributed by atoms with van der Waals surface area (Å²) in [6, 6.07) is 27.1. The first-order chi connectivity index (χ1) is 16.5. The lowest BCUT2D eigenvalue weighted by Gasteiger charge is -2.14. The molecule has 5 heteroatoms. The molecule has 0 aliphatic carbocycles. The van der Waals surface area contributed by atoms with Crippen LogP contribution >= 0.6 is 0 Å². The summed E-state index contributed by atoms with van der Waals surface area (Å²) in [7, 11) is 1.61. The summed E-state index contributed by atoms with van der Waals surface area (Å²) in [5.41, 5.74) is 5.60. The second-order valence-electron chi connectivity index (χ2n) is 8.12. The molecular formula is C29H27NO4. The van der Waals surface area contributed by atoms with Crippen molar-refractivity contribution < 1.29 is 19.4 Å². The largest absolute Gasteiger partial charge is 0.497 e. The molecule has 5 nitrogen and oxygen atoms in total. The lowest BCUT2D eigenvalue weighted by atomic mass is 10.0. The fourth-order valence-corrected chi connectivity index (χ4v) is 3.75. The number of nitrogens with zero attached hydrogens (tertiary/aromatic N) is 1. The molecule has 1 heterocycles. The SMILES string of the molecule is COc1ccc(-c2ccc(C(=O)O)c(CCc3ccc(C)cc3)n2)c(OCc2ccccc2)c1. The molecule has 0 unspecified atom stereocenters. The number of rotatable bonds is 9. The van der Waals surface area contributed by atoms with Crippen LogP contribution in [0.4, 0.5) is 0 Å². The van der Waals surface area contributed by atoms with Crippen LogP contribution in [0.3, 0.4) is 0 Å². The van der Waals surface area contributed by atoms with Crippen LogP contribution in [0.15, 0.2) is 84.9 Å². The van der Waals surface area contributed by atoms with Crippen molar-refractivity contribution in [3.05, 3.63) is 113 Å². The number of aromatic carboxylic acids is 1. The molecule has 0 spiro atoms. The van der Waals surface area contributed by atoms with Crippen molar-refractivity contribution in [3.63, 3.8) is 0 Å². The number of hydrogen-bond acceptors (Lipinski definition) is 4. The summed E-state index contributed by atoms with van der Waals surface area (Å²) in [6.07, 6.45) is 1.23. The Labute approximate surface area is 199 Å². The molecule has 0 bridgehead atoms. The van der Waals surface area contributed by atoms with Gasteiger partial charge in [-0.2, -0.15) is 0 Å². The smallest absolute Gasteiger partial charge is 0.337 e. The number of pyridine rings is 1. The number of carboxylic acids is 1. The third-order valence-corrected chi connectivity index (χ3v) is 5.68. The molecule has 4 aromatic rings. The molecule has 4 rings (SSSR count).